The second kappa shape index (κ2) is 9.43. The first kappa shape index (κ1) is 22.7. The van der Waals surface area contributed by atoms with Crippen molar-refractivity contribution < 1.29 is 27.4 Å². The lowest BCUT2D eigenvalue weighted by molar-refractivity contribution is -0.145. The van der Waals surface area contributed by atoms with Crippen molar-refractivity contribution in [1.82, 2.24) is 24.7 Å². The van der Waals surface area contributed by atoms with Crippen LogP contribution in [0.2, 0.25) is 5.28 Å². The number of nitrogens with zero attached hydrogens (tertiary/aromatic N) is 5. The highest BCUT2D eigenvalue weighted by molar-refractivity contribution is 6.29. The van der Waals surface area contributed by atoms with E-state index in [1.165, 1.54) is 11.8 Å². The Balaban J connectivity index is 1.95. The summed E-state index contributed by atoms with van der Waals surface area (Å²) in [6.45, 7) is 1.34. The van der Waals surface area contributed by atoms with Crippen LogP contribution in [0.15, 0.2) is 18.3 Å². The molecule has 0 atom stereocenters. The first-order valence-corrected chi connectivity index (χ1v) is 9.42. The number of alkyl halides is 3. The van der Waals surface area contributed by atoms with Gasteiger partial charge in [-0.2, -0.15) is 23.3 Å². The molecule has 0 radical (unpaired) electrons. The van der Waals surface area contributed by atoms with Gasteiger partial charge in [0.2, 0.25) is 5.28 Å². The van der Waals surface area contributed by atoms with Crippen molar-refractivity contribution in [1.29, 1.82) is 0 Å². The van der Waals surface area contributed by atoms with E-state index in [2.05, 4.69) is 25.4 Å². The number of nitrogens with one attached hydrogen (secondary N) is 1. The molecule has 0 unspecified atom stereocenters. The van der Waals surface area contributed by atoms with Crippen molar-refractivity contribution in [3.05, 3.63) is 34.9 Å². The Labute approximate surface area is 179 Å². The van der Waals surface area contributed by atoms with E-state index in [0.717, 1.165) is 5.56 Å². The number of esters is 1. The highest BCUT2D eigenvalue weighted by atomic mass is 35.5. The number of aromatic nitrogens is 5. The molecular weight excluding hydrogens is 441 g/mol. The zero-order valence-corrected chi connectivity index (χ0v) is 17.3. The van der Waals surface area contributed by atoms with Crippen LogP contribution < -0.4 is 5.32 Å². The van der Waals surface area contributed by atoms with Crippen molar-refractivity contribution in [2.45, 2.75) is 26.1 Å². The summed E-state index contributed by atoms with van der Waals surface area (Å²) in [5, 5.41) is 7.05. The van der Waals surface area contributed by atoms with Gasteiger partial charge in [0.05, 0.1) is 33.3 Å². The van der Waals surface area contributed by atoms with E-state index in [9.17, 15) is 18.0 Å². The van der Waals surface area contributed by atoms with Crippen LogP contribution in [0.3, 0.4) is 0 Å². The Morgan fingerprint density at radius 2 is 2.06 bits per heavy atom. The van der Waals surface area contributed by atoms with E-state index in [4.69, 9.17) is 21.1 Å². The fraction of sp³-hybridized carbons (Fsp3) is 0.389. The summed E-state index contributed by atoms with van der Waals surface area (Å²) in [4.78, 5) is 24.6. The van der Waals surface area contributed by atoms with E-state index in [1.54, 1.807) is 12.3 Å². The van der Waals surface area contributed by atoms with Gasteiger partial charge in [0.25, 0.3) is 0 Å². The molecule has 3 aromatic rings. The summed E-state index contributed by atoms with van der Waals surface area (Å²) >= 11 is 6.04. The molecule has 0 amide bonds. The number of pyridine rings is 1. The topological polar surface area (TPSA) is 104 Å². The van der Waals surface area contributed by atoms with Crippen LogP contribution in [0.25, 0.3) is 11.0 Å². The van der Waals surface area contributed by atoms with Crippen LogP contribution in [0.4, 0.5) is 24.8 Å². The Bertz CT molecular complexity index is 1090. The Kier molecular flexibility index (Phi) is 6.91. The quantitative estimate of drug-likeness (QED) is 0.310. The van der Waals surface area contributed by atoms with Gasteiger partial charge in [-0.25, -0.2) is 14.8 Å². The van der Waals surface area contributed by atoms with E-state index in [0.29, 0.717) is 11.3 Å². The highest BCUT2D eigenvalue weighted by Gasteiger charge is 2.27. The molecule has 0 saturated carbocycles. The predicted octanol–water partition coefficient (Wildman–Crippen LogP) is 3.68. The molecule has 0 bridgehead atoms. The second-order valence-electron chi connectivity index (χ2n) is 6.42. The van der Waals surface area contributed by atoms with Gasteiger partial charge >= 0.3 is 12.1 Å². The third-order valence-electron chi connectivity index (χ3n) is 4.08. The largest absolute Gasteiger partial charge is 0.464 e. The number of anilines is 2. The number of halogens is 4. The van der Waals surface area contributed by atoms with Crippen LogP contribution >= 0.6 is 11.6 Å². The number of carbonyl (C=O) groups is 1. The molecule has 31 heavy (non-hydrogen) atoms. The molecule has 0 aliphatic rings. The molecule has 166 valence electrons. The number of fused-ring (bicyclic) bond motifs is 1. The summed E-state index contributed by atoms with van der Waals surface area (Å²) in [7, 11) is 1.19. The Morgan fingerprint density at radius 3 is 2.74 bits per heavy atom. The maximum absolute atomic E-state index is 12.3. The standard InChI is InChI=1S/C18H18ClF3N6O3/c1-10-3-5-23-11(9-10)24-15-14-12(25-17(19)26-15)13(16(29)30-2)27-28(14)6-8-31-7-4-18(20,21)22/h3,5,9H,4,6-8H2,1-2H3,(H,23,24,25,26). The lowest BCUT2D eigenvalue weighted by Crippen LogP contribution is -2.15. The van der Waals surface area contributed by atoms with Gasteiger partial charge < -0.3 is 14.8 Å². The molecule has 0 aliphatic carbocycles. The number of aryl methyl sites for hydroxylation is 1. The molecule has 3 heterocycles. The van der Waals surface area contributed by atoms with Crippen LogP contribution in [-0.2, 0) is 16.0 Å². The molecule has 0 saturated heterocycles. The van der Waals surface area contributed by atoms with Gasteiger partial charge in [0, 0.05) is 6.20 Å². The third-order valence-corrected chi connectivity index (χ3v) is 4.25. The van der Waals surface area contributed by atoms with E-state index >= 15 is 0 Å². The van der Waals surface area contributed by atoms with Crippen molar-refractivity contribution >= 4 is 40.2 Å². The van der Waals surface area contributed by atoms with Gasteiger partial charge in [0.1, 0.15) is 16.9 Å². The minimum absolute atomic E-state index is 0.0340. The monoisotopic (exact) mass is 458 g/mol. The lowest BCUT2D eigenvalue weighted by atomic mass is 10.3. The van der Waals surface area contributed by atoms with Gasteiger partial charge in [0.15, 0.2) is 11.5 Å². The number of hydrogen-bond donors (Lipinski definition) is 1. The Hall–Kier alpha value is -2.99. The number of rotatable bonds is 8. The number of ether oxygens (including phenoxy) is 2. The van der Waals surface area contributed by atoms with Crippen molar-refractivity contribution in [2.24, 2.45) is 0 Å². The maximum atomic E-state index is 12.3. The SMILES string of the molecule is COC(=O)c1nn(CCOCCC(F)(F)F)c2c(Nc3cc(C)ccn3)nc(Cl)nc12. The second-order valence-corrected chi connectivity index (χ2v) is 6.76. The molecule has 0 aliphatic heterocycles. The van der Waals surface area contributed by atoms with Gasteiger partial charge in [-0.3, -0.25) is 4.68 Å². The van der Waals surface area contributed by atoms with Gasteiger partial charge in [-0.1, -0.05) is 0 Å². The van der Waals surface area contributed by atoms with Crippen LogP contribution in [0.1, 0.15) is 22.5 Å². The molecular formula is C18H18ClF3N6O3. The maximum Gasteiger partial charge on any atom is 0.391 e. The fourth-order valence-electron chi connectivity index (χ4n) is 2.71. The molecule has 3 rings (SSSR count). The van der Waals surface area contributed by atoms with Crippen LogP contribution in [0.5, 0.6) is 0 Å². The van der Waals surface area contributed by atoms with Gasteiger partial charge in [-0.05, 0) is 36.2 Å². The smallest absolute Gasteiger partial charge is 0.391 e. The molecule has 0 fully saturated rings. The Morgan fingerprint density at radius 1 is 1.29 bits per heavy atom. The summed E-state index contributed by atoms with van der Waals surface area (Å²) in [5.74, 6) is -0.0768. The van der Waals surface area contributed by atoms with Crippen molar-refractivity contribution in [2.75, 3.05) is 25.6 Å². The predicted molar refractivity (Wildman–Crippen MR) is 105 cm³/mol. The minimum atomic E-state index is -4.31. The number of carbonyl (C=O) groups excluding carboxylic acids is 1. The molecule has 3 aromatic heterocycles. The zero-order chi connectivity index (χ0) is 22.6. The van der Waals surface area contributed by atoms with Crippen LogP contribution in [0, 0.1) is 6.92 Å². The molecule has 0 spiro atoms. The van der Waals surface area contributed by atoms with Crippen LogP contribution in [-0.4, -0.2) is 57.2 Å². The summed E-state index contributed by atoms with van der Waals surface area (Å²) in [6, 6.07) is 3.58. The van der Waals surface area contributed by atoms with E-state index in [-0.39, 0.29) is 35.5 Å². The first-order chi connectivity index (χ1) is 14.7. The molecule has 1 N–H and O–H groups in total. The summed E-state index contributed by atoms with van der Waals surface area (Å²) in [6.07, 6.45) is -3.77. The van der Waals surface area contributed by atoms with E-state index in [1.807, 2.05) is 13.0 Å². The number of hydrogen-bond acceptors (Lipinski definition) is 8. The number of methoxy groups -OCH3 is 1. The minimum Gasteiger partial charge on any atom is -0.464 e. The van der Waals surface area contributed by atoms with Crippen molar-refractivity contribution in [3.63, 3.8) is 0 Å². The van der Waals surface area contributed by atoms with E-state index < -0.39 is 25.2 Å². The third kappa shape index (κ3) is 5.79. The normalized spacial score (nSPS) is 11.7. The summed E-state index contributed by atoms with van der Waals surface area (Å²) in [5.41, 5.74) is 1.25. The summed E-state index contributed by atoms with van der Waals surface area (Å²) < 4.78 is 48.0. The van der Waals surface area contributed by atoms with Crippen molar-refractivity contribution in [3.8, 4) is 0 Å². The fourth-order valence-corrected chi connectivity index (χ4v) is 2.87. The first-order valence-electron chi connectivity index (χ1n) is 9.04. The average Bonchev–Trinajstić information content (AvgIpc) is 3.04. The molecule has 13 heteroatoms. The zero-order valence-electron chi connectivity index (χ0n) is 16.5. The molecule has 9 nitrogen and oxygen atoms in total. The van der Waals surface area contributed by atoms with Gasteiger partial charge in [-0.15, -0.1) is 0 Å². The highest BCUT2D eigenvalue weighted by Crippen LogP contribution is 2.28. The lowest BCUT2D eigenvalue weighted by Gasteiger charge is -2.10. The average molecular weight is 459 g/mol. The molecule has 0 aromatic carbocycles.